The summed E-state index contributed by atoms with van der Waals surface area (Å²) in [7, 11) is 0. The molecular weight excluding hydrogens is 270 g/mol. The number of aromatic nitrogens is 2. The van der Waals surface area contributed by atoms with Gasteiger partial charge in [0.05, 0.1) is 28.5 Å². The quantitative estimate of drug-likeness (QED) is 0.794. The van der Waals surface area contributed by atoms with Crippen molar-refractivity contribution in [1.82, 2.24) is 15.3 Å². The average molecular weight is 287 g/mol. The van der Waals surface area contributed by atoms with E-state index in [4.69, 9.17) is 4.42 Å². The zero-order valence-corrected chi connectivity index (χ0v) is 12.6. The summed E-state index contributed by atoms with van der Waals surface area (Å²) in [5.74, 6) is 1.61. The Bertz CT molecular complexity index is 679. The van der Waals surface area contributed by atoms with Crippen LogP contribution in [0.2, 0.25) is 0 Å². The maximum Gasteiger partial charge on any atom is 0.208 e. The standard InChI is InChI=1S/C15H17N3OS/c1-9-11(3)19-14(17-9)8-16-10(2)15-18-12-6-4-5-7-13(12)20-15/h4-7,10,16H,8H2,1-3H3. The molecule has 0 fully saturated rings. The molecule has 1 unspecified atom stereocenters. The normalized spacial score (nSPS) is 12.9. The van der Waals surface area contributed by atoms with Crippen LogP contribution in [-0.2, 0) is 6.54 Å². The molecule has 20 heavy (non-hydrogen) atoms. The van der Waals surface area contributed by atoms with Crippen molar-refractivity contribution >= 4 is 21.6 Å². The van der Waals surface area contributed by atoms with Gasteiger partial charge in [-0.1, -0.05) is 12.1 Å². The van der Waals surface area contributed by atoms with E-state index in [1.807, 2.05) is 32.0 Å². The van der Waals surface area contributed by atoms with Crippen LogP contribution in [-0.4, -0.2) is 9.97 Å². The molecule has 0 aliphatic heterocycles. The Morgan fingerprint density at radius 2 is 2.05 bits per heavy atom. The summed E-state index contributed by atoms with van der Waals surface area (Å²) < 4.78 is 6.79. The van der Waals surface area contributed by atoms with Crippen molar-refractivity contribution in [2.45, 2.75) is 33.4 Å². The van der Waals surface area contributed by atoms with Gasteiger partial charge in [0.1, 0.15) is 10.8 Å². The summed E-state index contributed by atoms with van der Waals surface area (Å²) in [6, 6.07) is 8.38. The lowest BCUT2D eigenvalue weighted by Crippen LogP contribution is -2.18. The first-order valence-electron chi connectivity index (χ1n) is 6.65. The van der Waals surface area contributed by atoms with Gasteiger partial charge in [-0.3, -0.25) is 5.32 Å². The summed E-state index contributed by atoms with van der Waals surface area (Å²) in [5.41, 5.74) is 2.01. The highest BCUT2D eigenvalue weighted by Gasteiger charge is 2.12. The number of nitrogens with zero attached hydrogens (tertiary/aromatic N) is 2. The second-order valence-electron chi connectivity index (χ2n) is 4.87. The van der Waals surface area contributed by atoms with Crippen LogP contribution in [0.25, 0.3) is 10.2 Å². The van der Waals surface area contributed by atoms with Gasteiger partial charge in [-0.15, -0.1) is 11.3 Å². The fourth-order valence-corrected chi connectivity index (χ4v) is 3.01. The van der Waals surface area contributed by atoms with E-state index in [1.54, 1.807) is 11.3 Å². The van der Waals surface area contributed by atoms with Gasteiger partial charge in [0.2, 0.25) is 5.89 Å². The summed E-state index contributed by atoms with van der Waals surface area (Å²) in [6.45, 7) is 6.62. The lowest BCUT2D eigenvalue weighted by Gasteiger charge is -2.08. The van der Waals surface area contributed by atoms with Gasteiger partial charge >= 0.3 is 0 Å². The second kappa shape index (κ2) is 5.34. The minimum absolute atomic E-state index is 0.180. The molecule has 0 aliphatic rings. The van der Waals surface area contributed by atoms with E-state index in [-0.39, 0.29) is 6.04 Å². The lowest BCUT2D eigenvalue weighted by molar-refractivity contribution is 0.432. The lowest BCUT2D eigenvalue weighted by atomic mass is 10.3. The Hall–Kier alpha value is -1.72. The number of rotatable bonds is 4. The van der Waals surface area contributed by atoms with Crippen LogP contribution < -0.4 is 5.32 Å². The first-order chi connectivity index (χ1) is 9.63. The van der Waals surface area contributed by atoms with Crippen molar-refractivity contribution in [3.63, 3.8) is 0 Å². The molecule has 1 aromatic carbocycles. The van der Waals surface area contributed by atoms with E-state index < -0.39 is 0 Å². The Morgan fingerprint density at radius 3 is 2.75 bits per heavy atom. The van der Waals surface area contributed by atoms with Crippen LogP contribution in [0, 0.1) is 13.8 Å². The van der Waals surface area contributed by atoms with E-state index in [9.17, 15) is 0 Å². The largest absolute Gasteiger partial charge is 0.444 e. The zero-order valence-electron chi connectivity index (χ0n) is 11.8. The molecule has 0 saturated heterocycles. The van der Waals surface area contributed by atoms with Crippen LogP contribution in [0.15, 0.2) is 28.7 Å². The molecule has 0 spiro atoms. The highest BCUT2D eigenvalue weighted by atomic mass is 32.1. The number of hydrogen-bond acceptors (Lipinski definition) is 5. The topological polar surface area (TPSA) is 51.0 Å². The maximum absolute atomic E-state index is 5.57. The van der Waals surface area contributed by atoms with Crippen LogP contribution in [0.5, 0.6) is 0 Å². The van der Waals surface area contributed by atoms with Crippen molar-refractivity contribution in [1.29, 1.82) is 0 Å². The van der Waals surface area contributed by atoms with Crippen LogP contribution in [0.3, 0.4) is 0 Å². The number of aryl methyl sites for hydroxylation is 2. The summed E-state index contributed by atoms with van der Waals surface area (Å²) in [6.07, 6.45) is 0. The second-order valence-corrected chi connectivity index (χ2v) is 5.93. The summed E-state index contributed by atoms with van der Waals surface area (Å²) in [5, 5.41) is 4.50. The Kier molecular flexibility index (Phi) is 3.54. The molecule has 0 saturated carbocycles. The van der Waals surface area contributed by atoms with Crippen molar-refractivity contribution in [3.8, 4) is 0 Å². The maximum atomic E-state index is 5.57. The van der Waals surface area contributed by atoms with E-state index >= 15 is 0 Å². The molecule has 0 aliphatic carbocycles. The Labute approximate surface area is 121 Å². The zero-order chi connectivity index (χ0) is 14.1. The molecule has 2 heterocycles. The number of fused-ring (bicyclic) bond motifs is 1. The molecule has 3 aromatic rings. The van der Waals surface area contributed by atoms with Gasteiger partial charge in [0.15, 0.2) is 0 Å². The van der Waals surface area contributed by atoms with E-state index in [1.165, 1.54) is 4.70 Å². The SMILES string of the molecule is Cc1nc(CNC(C)c2nc3ccccc3s2)oc1C. The van der Waals surface area contributed by atoms with Crippen molar-refractivity contribution in [2.24, 2.45) is 0 Å². The third-order valence-electron chi connectivity index (χ3n) is 3.31. The van der Waals surface area contributed by atoms with Gasteiger partial charge in [0.25, 0.3) is 0 Å². The Morgan fingerprint density at radius 1 is 1.25 bits per heavy atom. The van der Waals surface area contributed by atoms with E-state index in [2.05, 4.69) is 28.3 Å². The molecule has 3 rings (SSSR count). The minimum Gasteiger partial charge on any atom is -0.444 e. The molecule has 5 heteroatoms. The van der Waals surface area contributed by atoms with Gasteiger partial charge in [0, 0.05) is 0 Å². The molecular formula is C15H17N3OS. The number of nitrogens with one attached hydrogen (secondary N) is 1. The molecule has 0 radical (unpaired) electrons. The number of para-hydroxylation sites is 1. The Balaban J connectivity index is 1.70. The van der Waals surface area contributed by atoms with Gasteiger partial charge in [-0.25, -0.2) is 9.97 Å². The first-order valence-corrected chi connectivity index (χ1v) is 7.47. The molecule has 1 N–H and O–H groups in total. The van der Waals surface area contributed by atoms with Gasteiger partial charge in [-0.05, 0) is 32.9 Å². The van der Waals surface area contributed by atoms with Crippen LogP contribution >= 0.6 is 11.3 Å². The smallest absolute Gasteiger partial charge is 0.208 e. The summed E-state index contributed by atoms with van der Waals surface area (Å²) in [4.78, 5) is 9.03. The monoisotopic (exact) mass is 287 g/mol. The molecule has 0 bridgehead atoms. The molecule has 0 amide bonds. The third kappa shape index (κ3) is 2.59. The van der Waals surface area contributed by atoms with E-state index in [0.717, 1.165) is 27.9 Å². The van der Waals surface area contributed by atoms with Gasteiger partial charge < -0.3 is 4.42 Å². The average Bonchev–Trinajstić information content (AvgIpc) is 3.00. The highest BCUT2D eigenvalue weighted by Crippen LogP contribution is 2.26. The van der Waals surface area contributed by atoms with E-state index in [0.29, 0.717) is 6.54 Å². The highest BCUT2D eigenvalue weighted by molar-refractivity contribution is 7.18. The van der Waals surface area contributed by atoms with Crippen molar-refractivity contribution in [2.75, 3.05) is 0 Å². The molecule has 1 atom stereocenters. The van der Waals surface area contributed by atoms with Crippen molar-refractivity contribution < 1.29 is 4.42 Å². The third-order valence-corrected chi connectivity index (χ3v) is 4.53. The summed E-state index contributed by atoms with van der Waals surface area (Å²) >= 11 is 1.72. The predicted molar refractivity (Wildman–Crippen MR) is 80.9 cm³/mol. The molecule has 104 valence electrons. The van der Waals surface area contributed by atoms with Crippen molar-refractivity contribution in [3.05, 3.63) is 46.6 Å². The fourth-order valence-electron chi connectivity index (χ4n) is 2.02. The molecule has 4 nitrogen and oxygen atoms in total. The predicted octanol–water partition coefficient (Wildman–Crippen LogP) is 3.75. The number of hydrogen-bond donors (Lipinski definition) is 1. The minimum atomic E-state index is 0.180. The number of oxazole rings is 1. The fraction of sp³-hybridized carbons (Fsp3) is 0.333. The number of benzene rings is 1. The number of thiazole rings is 1. The molecule has 2 aromatic heterocycles. The van der Waals surface area contributed by atoms with Crippen LogP contribution in [0.1, 0.15) is 35.3 Å². The van der Waals surface area contributed by atoms with Crippen LogP contribution in [0.4, 0.5) is 0 Å². The first kappa shape index (κ1) is 13.3. The van der Waals surface area contributed by atoms with Gasteiger partial charge in [-0.2, -0.15) is 0 Å².